The lowest BCUT2D eigenvalue weighted by molar-refractivity contribution is -0.144. The molecule has 1 rings (SSSR count). The molecular formula is C12H14Cl2N2O3. The van der Waals surface area contributed by atoms with Crippen LogP contribution in [0.1, 0.15) is 24.3 Å². The van der Waals surface area contributed by atoms with Crippen LogP contribution >= 0.6 is 23.2 Å². The molecule has 5 nitrogen and oxygen atoms in total. The largest absolute Gasteiger partial charge is 0.467 e. The highest BCUT2D eigenvalue weighted by atomic mass is 35.5. The quantitative estimate of drug-likeness (QED) is 0.684. The van der Waals surface area contributed by atoms with Gasteiger partial charge < -0.3 is 10.1 Å². The van der Waals surface area contributed by atoms with E-state index in [1.54, 1.807) is 13.8 Å². The number of methoxy groups -OCH3 is 1. The summed E-state index contributed by atoms with van der Waals surface area (Å²) in [6.07, 6.45) is 0. The van der Waals surface area contributed by atoms with Crippen molar-refractivity contribution in [1.82, 2.24) is 10.3 Å². The molecule has 104 valence electrons. The van der Waals surface area contributed by atoms with E-state index < -0.39 is 17.9 Å². The Bertz CT molecular complexity index is 492. The first-order valence-corrected chi connectivity index (χ1v) is 6.33. The van der Waals surface area contributed by atoms with Gasteiger partial charge in [0, 0.05) is 0 Å². The number of rotatable bonds is 4. The Labute approximate surface area is 121 Å². The molecule has 1 amide bonds. The zero-order chi connectivity index (χ0) is 14.6. The SMILES string of the molecule is COC(=O)[C@@H](NC(=O)c1nc(Cl)ccc1Cl)C(C)C. The summed E-state index contributed by atoms with van der Waals surface area (Å²) in [5, 5.41) is 2.84. The molecule has 0 saturated heterocycles. The number of carbonyl (C=O) groups excluding carboxylic acids is 2. The number of halogens is 2. The molecule has 0 saturated carbocycles. The number of hydrogen-bond donors (Lipinski definition) is 1. The van der Waals surface area contributed by atoms with Crippen molar-refractivity contribution < 1.29 is 14.3 Å². The third kappa shape index (κ3) is 4.08. The number of carbonyl (C=O) groups is 2. The van der Waals surface area contributed by atoms with Gasteiger partial charge in [-0.3, -0.25) is 4.79 Å². The fourth-order valence-electron chi connectivity index (χ4n) is 1.41. The maximum Gasteiger partial charge on any atom is 0.328 e. The Morgan fingerprint density at radius 2 is 1.95 bits per heavy atom. The van der Waals surface area contributed by atoms with Gasteiger partial charge in [-0.25, -0.2) is 9.78 Å². The zero-order valence-corrected chi connectivity index (χ0v) is 12.2. The van der Waals surface area contributed by atoms with Crippen molar-refractivity contribution in [3.8, 4) is 0 Å². The van der Waals surface area contributed by atoms with Crippen LogP contribution in [0.5, 0.6) is 0 Å². The highest BCUT2D eigenvalue weighted by Gasteiger charge is 2.26. The summed E-state index contributed by atoms with van der Waals surface area (Å²) in [6.45, 7) is 3.57. The van der Waals surface area contributed by atoms with Gasteiger partial charge in [0.25, 0.3) is 5.91 Å². The molecule has 0 aliphatic heterocycles. The first-order valence-electron chi connectivity index (χ1n) is 5.57. The summed E-state index contributed by atoms with van der Waals surface area (Å²) in [6, 6.07) is 2.17. The summed E-state index contributed by atoms with van der Waals surface area (Å²) in [5.41, 5.74) is -0.0243. The minimum Gasteiger partial charge on any atom is -0.467 e. The first kappa shape index (κ1) is 15.7. The maximum atomic E-state index is 12.0. The number of nitrogens with zero attached hydrogens (tertiary/aromatic N) is 1. The molecule has 1 aromatic rings. The van der Waals surface area contributed by atoms with E-state index in [-0.39, 0.29) is 21.8 Å². The Kier molecular flexibility index (Phi) is 5.57. The molecule has 0 aromatic carbocycles. The number of esters is 1. The highest BCUT2D eigenvalue weighted by molar-refractivity contribution is 6.34. The number of hydrogen-bond acceptors (Lipinski definition) is 4. The van der Waals surface area contributed by atoms with E-state index >= 15 is 0 Å². The minimum absolute atomic E-state index is 0.0243. The van der Waals surface area contributed by atoms with Gasteiger partial charge in [-0.1, -0.05) is 37.0 Å². The van der Waals surface area contributed by atoms with Crippen LogP contribution in [0, 0.1) is 5.92 Å². The number of aromatic nitrogens is 1. The lowest BCUT2D eigenvalue weighted by atomic mass is 10.0. The predicted molar refractivity (Wildman–Crippen MR) is 72.4 cm³/mol. The van der Waals surface area contributed by atoms with E-state index in [0.717, 1.165) is 0 Å². The molecule has 0 spiro atoms. The van der Waals surface area contributed by atoms with Crippen molar-refractivity contribution in [3.05, 3.63) is 28.0 Å². The Balaban J connectivity index is 2.94. The minimum atomic E-state index is -0.769. The van der Waals surface area contributed by atoms with Crippen LogP contribution in [-0.4, -0.2) is 30.0 Å². The average Bonchev–Trinajstić information content (AvgIpc) is 2.37. The van der Waals surface area contributed by atoms with Gasteiger partial charge in [-0.05, 0) is 18.1 Å². The molecule has 0 aliphatic carbocycles. The molecule has 1 N–H and O–H groups in total. The van der Waals surface area contributed by atoms with Crippen LogP contribution in [0.25, 0.3) is 0 Å². The van der Waals surface area contributed by atoms with Gasteiger partial charge in [0.05, 0.1) is 12.1 Å². The molecular weight excluding hydrogens is 291 g/mol. The van der Waals surface area contributed by atoms with E-state index in [4.69, 9.17) is 23.2 Å². The molecule has 1 aromatic heterocycles. The van der Waals surface area contributed by atoms with Gasteiger partial charge in [0.2, 0.25) is 0 Å². The second-order valence-electron chi connectivity index (χ2n) is 4.18. The van der Waals surface area contributed by atoms with Crippen molar-refractivity contribution in [2.45, 2.75) is 19.9 Å². The molecule has 0 aliphatic rings. The van der Waals surface area contributed by atoms with E-state index in [1.165, 1.54) is 19.2 Å². The number of amides is 1. The fraction of sp³-hybridized carbons (Fsp3) is 0.417. The van der Waals surface area contributed by atoms with Crippen molar-refractivity contribution in [2.75, 3.05) is 7.11 Å². The van der Waals surface area contributed by atoms with Crippen LogP contribution in [0.4, 0.5) is 0 Å². The second kappa shape index (κ2) is 6.73. The van der Waals surface area contributed by atoms with Crippen molar-refractivity contribution in [2.24, 2.45) is 5.92 Å². The number of nitrogens with one attached hydrogen (secondary N) is 1. The molecule has 0 unspecified atom stereocenters. The monoisotopic (exact) mass is 304 g/mol. The molecule has 0 radical (unpaired) electrons. The van der Waals surface area contributed by atoms with Gasteiger partial charge in [0.15, 0.2) is 0 Å². The van der Waals surface area contributed by atoms with Crippen molar-refractivity contribution in [1.29, 1.82) is 0 Å². The van der Waals surface area contributed by atoms with Gasteiger partial charge >= 0.3 is 5.97 Å². The second-order valence-corrected chi connectivity index (χ2v) is 4.98. The summed E-state index contributed by atoms with van der Waals surface area (Å²) < 4.78 is 4.63. The molecule has 1 heterocycles. The Morgan fingerprint density at radius 3 is 2.47 bits per heavy atom. The normalized spacial score (nSPS) is 12.1. The summed E-state index contributed by atoms with van der Waals surface area (Å²) in [5.74, 6) is -1.23. The molecule has 0 fully saturated rings. The van der Waals surface area contributed by atoms with Gasteiger partial charge in [-0.15, -0.1) is 0 Å². The zero-order valence-electron chi connectivity index (χ0n) is 10.7. The van der Waals surface area contributed by atoms with E-state index in [0.29, 0.717) is 0 Å². The van der Waals surface area contributed by atoms with Crippen LogP contribution in [-0.2, 0) is 9.53 Å². The van der Waals surface area contributed by atoms with Gasteiger partial charge in [0.1, 0.15) is 16.9 Å². The molecule has 7 heteroatoms. The smallest absolute Gasteiger partial charge is 0.328 e. The number of pyridine rings is 1. The predicted octanol–water partition coefficient (Wildman–Crippen LogP) is 2.32. The fourth-order valence-corrected chi connectivity index (χ4v) is 1.75. The topological polar surface area (TPSA) is 68.3 Å². The van der Waals surface area contributed by atoms with E-state index in [9.17, 15) is 9.59 Å². The number of ether oxygens (including phenoxy) is 1. The standard InChI is InChI=1S/C12H14Cl2N2O3/c1-6(2)9(12(18)19-3)16-11(17)10-7(13)4-5-8(14)15-10/h4-6,9H,1-3H3,(H,16,17)/t9-/m0/s1. The third-order valence-electron chi connectivity index (χ3n) is 2.44. The summed E-state index contributed by atoms with van der Waals surface area (Å²) in [7, 11) is 1.26. The van der Waals surface area contributed by atoms with Crippen LogP contribution < -0.4 is 5.32 Å². The van der Waals surface area contributed by atoms with E-state index in [1.807, 2.05) is 0 Å². The molecule has 0 bridgehead atoms. The van der Waals surface area contributed by atoms with Gasteiger partial charge in [-0.2, -0.15) is 0 Å². The van der Waals surface area contributed by atoms with Crippen LogP contribution in [0.3, 0.4) is 0 Å². The molecule has 1 atom stereocenters. The first-order chi connectivity index (χ1) is 8.86. The Morgan fingerprint density at radius 1 is 1.32 bits per heavy atom. The molecule has 19 heavy (non-hydrogen) atoms. The van der Waals surface area contributed by atoms with Crippen molar-refractivity contribution in [3.63, 3.8) is 0 Å². The Hall–Kier alpha value is -1.33. The maximum absolute atomic E-state index is 12.0. The van der Waals surface area contributed by atoms with E-state index in [2.05, 4.69) is 15.0 Å². The highest BCUT2D eigenvalue weighted by Crippen LogP contribution is 2.17. The lowest BCUT2D eigenvalue weighted by Crippen LogP contribution is -2.45. The summed E-state index contributed by atoms with van der Waals surface area (Å²) >= 11 is 11.6. The van der Waals surface area contributed by atoms with Crippen LogP contribution in [0.15, 0.2) is 12.1 Å². The lowest BCUT2D eigenvalue weighted by Gasteiger charge is -2.19. The average molecular weight is 305 g/mol. The summed E-state index contributed by atoms with van der Waals surface area (Å²) in [4.78, 5) is 27.4. The third-order valence-corrected chi connectivity index (χ3v) is 2.95. The van der Waals surface area contributed by atoms with Crippen LogP contribution in [0.2, 0.25) is 10.2 Å². The van der Waals surface area contributed by atoms with Crippen molar-refractivity contribution >= 4 is 35.1 Å².